The van der Waals surface area contributed by atoms with Gasteiger partial charge in [-0.25, -0.2) is 10.2 Å². The Morgan fingerprint density at radius 2 is 1.51 bits per heavy atom. The highest BCUT2D eigenvalue weighted by Crippen LogP contribution is 2.26. The zero-order valence-electron chi connectivity index (χ0n) is 20.2. The minimum absolute atomic E-state index is 0.131. The number of amides is 2. The summed E-state index contributed by atoms with van der Waals surface area (Å²) in [6.07, 6.45) is 1.54. The topological polar surface area (TPSA) is 96.9 Å². The molecule has 39 heavy (non-hydrogen) atoms. The maximum absolute atomic E-state index is 12.6. The molecule has 0 saturated heterocycles. The third-order valence-corrected chi connectivity index (χ3v) is 6.12. The van der Waals surface area contributed by atoms with Crippen LogP contribution in [0.1, 0.15) is 31.8 Å². The molecule has 0 radical (unpaired) electrons. The number of benzene rings is 4. The second-order valence-corrected chi connectivity index (χ2v) is 9.46. The first-order valence-electron chi connectivity index (χ1n) is 11.5. The van der Waals surface area contributed by atoms with Crippen molar-refractivity contribution >= 4 is 64.5 Å². The fourth-order valence-corrected chi connectivity index (χ4v) is 4.11. The van der Waals surface area contributed by atoms with Crippen LogP contribution in [0.25, 0.3) is 0 Å². The van der Waals surface area contributed by atoms with Crippen LogP contribution in [0, 0.1) is 0 Å². The number of halogens is 3. The van der Waals surface area contributed by atoms with Gasteiger partial charge in [-0.05, 0) is 66.2 Å². The van der Waals surface area contributed by atoms with Crippen LogP contribution in [0.15, 0.2) is 96.1 Å². The first kappa shape index (κ1) is 27.9. The Morgan fingerprint density at radius 3 is 2.23 bits per heavy atom. The summed E-state index contributed by atoms with van der Waals surface area (Å²) in [6, 6.07) is 24.7. The fourth-order valence-electron chi connectivity index (χ4n) is 3.44. The Balaban J connectivity index is 1.37. The third kappa shape index (κ3) is 7.91. The van der Waals surface area contributed by atoms with Crippen LogP contribution in [-0.2, 0) is 11.2 Å². The minimum atomic E-state index is -0.700. The van der Waals surface area contributed by atoms with E-state index in [1.54, 1.807) is 30.3 Å². The van der Waals surface area contributed by atoms with E-state index in [2.05, 4.69) is 15.8 Å². The predicted molar refractivity (Wildman–Crippen MR) is 153 cm³/mol. The summed E-state index contributed by atoms with van der Waals surface area (Å²) >= 11 is 18.1. The van der Waals surface area contributed by atoms with Gasteiger partial charge in [-0.1, -0.05) is 65.1 Å². The molecule has 10 heteroatoms. The van der Waals surface area contributed by atoms with Gasteiger partial charge in [-0.2, -0.15) is 5.10 Å². The number of hydrazone groups is 1. The lowest BCUT2D eigenvalue weighted by Gasteiger charge is -2.09. The molecule has 0 aliphatic heterocycles. The number of ether oxygens (including phenoxy) is 1. The van der Waals surface area contributed by atoms with Crippen molar-refractivity contribution in [2.45, 2.75) is 6.42 Å². The van der Waals surface area contributed by atoms with Gasteiger partial charge in [0.25, 0.3) is 5.91 Å². The molecule has 0 saturated carbocycles. The van der Waals surface area contributed by atoms with E-state index in [4.69, 9.17) is 39.5 Å². The van der Waals surface area contributed by atoms with Crippen LogP contribution < -0.4 is 15.5 Å². The van der Waals surface area contributed by atoms with Gasteiger partial charge in [-0.15, -0.1) is 0 Å². The number of hydrogen-bond acceptors (Lipinski definition) is 5. The number of esters is 1. The van der Waals surface area contributed by atoms with E-state index in [1.807, 2.05) is 30.3 Å². The lowest BCUT2D eigenvalue weighted by atomic mass is 10.1. The number of rotatable bonds is 8. The Bertz CT molecular complexity index is 1540. The molecule has 4 aromatic carbocycles. The standard InChI is InChI=1S/C29H20Cl3N3O4/c30-21-9-13-26(39-29(38)24-12-8-22(31)16-25(24)32)20(15-21)17-33-35-28(37)19-6-10-23(11-7-19)34-27(36)14-18-4-2-1-3-5-18/h1-13,15-17H,14H2,(H,34,36)(H,35,37)/b33-17+. The fraction of sp³-hybridized carbons (Fsp3) is 0.0345. The van der Waals surface area contributed by atoms with Crippen LogP contribution in [0.3, 0.4) is 0 Å². The predicted octanol–water partition coefficient (Wildman–Crippen LogP) is 6.81. The van der Waals surface area contributed by atoms with Gasteiger partial charge >= 0.3 is 5.97 Å². The Labute approximate surface area is 239 Å². The average Bonchev–Trinajstić information content (AvgIpc) is 2.91. The van der Waals surface area contributed by atoms with Gasteiger partial charge < -0.3 is 10.1 Å². The van der Waals surface area contributed by atoms with Crippen LogP contribution >= 0.6 is 34.8 Å². The molecule has 196 valence electrons. The molecular weight excluding hydrogens is 561 g/mol. The molecular formula is C29H20Cl3N3O4. The third-order valence-electron chi connectivity index (χ3n) is 5.33. The molecule has 0 aliphatic carbocycles. The largest absolute Gasteiger partial charge is 0.422 e. The summed E-state index contributed by atoms with van der Waals surface area (Å²) in [5.74, 6) is -1.20. The van der Waals surface area contributed by atoms with Crippen molar-refractivity contribution in [3.8, 4) is 5.75 Å². The highest BCUT2D eigenvalue weighted by atomic mass is 35.5. The van der Waals surface area contributed by atoms with E-state index in [1.165, 1.54) is 36.5 Å². The molecule has 0 aromatic heterocycles. The lowest BCUT2D eigenvalue weighted by molar-refractivity contribution is -0.115. The quantitative estimate of drug-likeness (QED) is 0.104. The lowest BCUT2D eigenvalue weighted by Crippen LogP contribution is -2.18. The van der Waals surface area contributed by atoms with Gasteiger partial charge in [-0.3, -0.25) is 9.59 Å². The molecule has 4 aromatic rings. The van der Waals surface area contributed by atoms with Crippen molar-refractivity contribution in [1.29, 1.82) is 0 Å². The monoisotopic (exact) mass is 579 g/mol. The summed E-state index contributed by atoms with van der Waals surface area (Å²) in [4.78, 5) is 37.4. The molecule has 2 amide bonds. The summed E-state index contributed by atoms with van der Waals surface area (Å²) in [5.41, 5.74) is 4.67. The molecule has 0 unspecified atom stereocenters. The van der Waals surface area contributed by atoms with Gasteiger partial charge in [0, 0.05) is 26.9 Å². The molecule has 2 N–H and O–H groups in total. The molecule has 7 nitrogen and oxygen atoms in total. The van der Waals surface area contributed by atoms with Crippen molar-refractivity contribution in [2.24, 2.45) is 5.10 Å². The number of nitrogens with zero attached hydrogens (tertiary/aromatic N) is 1. The van der Waals surface area contributed by atoms with E-state index < -0.39 is 11.9 Å². The minimum Gasteiger partial charge on any atom is -0.422 e. The van der Waals surface area contributed by atoms with E-state index in [0.29, 0.717) is 26.9 Å². The van der Waals surface area contributed by atoms with Crippen LogP contribution in [0.5, 0.6) is 5.75 Å². The van der Waals surface area contributed by atoms with Crippen LogP contribution in [0.2, 0.25) is 15.1 Å². The average molecular weight is 581 g/mol. The maximum Gasteiger partial charge on any atom is 0.345 e. The molecule has 0 spiro atoms. The molecule has 0 aliphatic rings. The second kappa shape index (κ2) is 13.1. The van der Waals surface area contributed by atoms with E-state index in [9.17, 15) is 14.4 Å². The normalized spacial score (nSPS) is 10.7. The Hall–Kier alpha value is -4.17. The summed E-state index contributed by atoms with van der Waals surface area (Å²) < 4.78 is 5.47. The van der Waals surface area contributed by atoms with Crippen LogP contribution in [-0.4, -0.2) is 24.0 Å². The molecule has 0 heterocycles. The molecule has 0 fully saturated rings. The van der Waals surface area contributed by atoms with Crippen molar-refractivity contribution in [3.63, 3.8) is 0 Å². The zero-order valence-corrected chi connectivity index (χ0v) is 22.4. The Kier molecular flexibility index (Phi) is 9.33. The van der Waals surface area contributed by atoms with Gasteiger partial charge in [0.05, 0.1) is 23.2 Å². The maximum atomic E-state index is 12.6. The second-order valence-electron chi connectivity index (χ2n) is 8.18. The zero-order chi connectivity index (χ0) is 27.8. The molecule has 4 rings (SSSR count). The SMILES string of the molecule is O=C(Cc1ccccc1)Nc1ccc(C(=O)N/N=C/c2cc(Cl)ccc2OC(=O)c2ccc(Cl)cc2Cl)cc1. The van der Waals surface area contributed by atoms with Crippen molar-refractivity contribution < 1.29 is 19.1 Å². The Morgan fingerprint density at radius 1 is 0.821 bits per heavy atom. The summed E-state index contributed by atoms with van der Waals surface area (Å²) in [6.45, 7) is 0. The highest BCUT2D eigenvalue weighted by Gasteiger charge is 2.15. The number of nitrogens with one attached hydrogen (secondary N) is 2. The van der Waals surface area contributed by atoms with Crippen LogP contribution in [0.4, 0.5) is 5.69 Å². The summed E-state index contributed by atoms with van der Waals surface area (Å²) in [5, 5.41) is 7.66. The van der Waals surface area contributed by atoms with Gasteiger partial charge in [0.2, 0.25) is 5.91 Å². The molecule has 0 atom stereocenters. The first-order valence-corrected chi connectivity index (χ1v) is 12.7. The number of hydrogen-bond donors (Lipinski definition) is 2. The smallest absolute Gasteiger partial charge is 0.345 e. The van der Waals surface area contributed by atoms with E-state index in [0.717, 1.165) is 5.56 Å². The van der Waals surface area contributed by atoms with Crippen molar-refractivity contribution in [1.82, 2.24) is 5.43 Å². The first-order chi connectivity index (χ1) is 18.8. The summed E-state index contributed by atoms with van der Waals surface area (Å²) in [7, 11) is 0. The number of anilines is 1. The van der Waals surface area contributed by atoms with Gasteiger partial charge in [0.1, 0.15) is 5.75 Å². The van der Waals surface area contributed by atoms with E-state index in [-0.39, 0.29) is 28.7 Å². The highest BCUT2D eigenvalue weighted by molar-refractivity contribution is 6.36. The molecule has 0 bridgehead atoms. The number of carbonyl (C=O) groups excluding carboxylic acids is 3. The number of carbonyl (C=O) groups is 3. The van der Waals surface area contributed by atoms with Gasteiger partial charge in [0.15, 0.2) is 0 Å². The van der Waals surface area contributed by atoms with Crippen molar-refractivity contribution in [2.75, 3.05) is 5.32 Å². The van der Waals surface area contributed by atoms with Crippen molar-refractivity contribution in [3.05, 3.63) is 128 Å². The van der Waals surface area contributed by atoms with E-state index >= 15 is 0 Å².